The first-order chi connectivity index (χ1) is 6.57. The van der Waals surface area contributed by atoms with Crippen LogP contribution in [0.2, 0.25) is 0 Å². The second-order valence-electron chi connectivity index (χ2n) is 2.86. The minimum absolute atomic E-state index is 0.0541. The van der Waals surface area contributed by atoms with Gasteiger partial charge in [-0.1, -0.05) is 12.1 Å². The summed E-state index contributed by atoms with van der Waals surface area (Å²) < 4.78 is 25.3. The van der Waals surface area contributed by atoms with Crippen LogP contribution in [0.3, 0.4) is 0 Å². The predicted octanol–water partition coefficient (Wildman–Crippen LogP) is 2.46. The van der Waals surface area contributed by atoms with E-state index in [0.29, 0.717) is 5.56 Å². The van der Waals surface area contributed by atoms with Crippen LogP contribution in [0.4, 0.5) is 8.78 Å². The Labute approximate surface area is 88.9 Å². The van der Waals surface area contributed by atoms with Gasteiger partial charge in [-0.2, -0.15) is 0 Å². The number of halogens is 3. The first-order valence-electron chi connectivity index (χ1n) is 4.03. The van der Waals surface area contributed by atoms with Crippen molar-refractivity contribution in [1.29, 1.82) is 0 Å². The average Bonchev–Trinajstić information content (AvgIpc) is 2.13. The number of phenolic OH excluding ortho intramolecular Hbond substituents is 1. The maximum Gasteiger partial charge on any atom is 0.246 e. The van der Waals surface area contributed by atoms with E-state index in [2.05, 4.69) is 15.9 Å². The van der Waals surface area contributed by atoms with E-state index in [9.17, 15) is 13.9 Å². The van der Waals surface area contributed by atoms with Gasteiger partial charge in [0.2, 0.25) is 6.43 Å². The molecule has 14 heavy (non-hydrogen) atoms. The molecule has 0 saturated heterocycles. The second-order valence-corrected chi connectivity index (χ2v) is 3.65. The molecule has 5 heteroatoms. The van der Waals surface area contributed by atoms with Crippen LogP contribution in [0, 0.1) is 0 Å². The summed E-state index contributed by atoms with van der Waals surface area (Å²) in [7, 11) is 0. The van der Waals surface area contributed by atoms with Crippen molar-refractivity contribution in [1.82, 2.24) is 0 Å². The lowest BCUT2D eigenvalue weighted by atomic mass is 10.00. The molecule has 0 aliphatic rings. The Kier molecular flexibility index (Phi) is 3.83. The number of hydrogen-bond acceptors (Lipinski definition) is 2. The van der Waals surface area contributed by atoms with Gasteiger partial charge in [0.05, 0.1) is 10.4 Å². The molecule has 0 fully saturated rings. The van der Waals surface area contributed by atoms with Gasteiger partial charge in [-0.05, 0) is 27.6 Å². The summed E-state index contributed by atoms with van der Waals surface area (Å²) in [4.78, 5) is 0. The SMILES string of the molecule is NCC(c1cccc(O)c1Br)C(F)F. The molecule has 0 bridgehead atoms. The van der Waals surface area contributed by atoms with Crippen LogP contribution < -0.4 is 5.73 Å². The third-order valence-corrected chi connectivity index (χ3v) is 2.83. The van der Waals surface area contributed by atoms with E-state index in [4.69, 9.17) is 5.73 Å². The van der Waals surface area contributed by atoms with Gasteiger partial charge in [-0.3, -0.25) is 0 Å². The van der Waals surface area contributed by atoms with Gasteiger partial charge in [0.15, 0.2) is 0 Å². The quantitative estimate of drug-likeness (QED) is 0.882. The zero-order chi connectivity index (χ0) is 10.7. The van der Waals surface area contributed by atoms with Crippen molar-refractivity contribution in [2.24, 2.45) is 5.73 Å². The highest BCUT2D eigenvalue weighted by atomic mass is 79.9. The largest absolute Gasteiger partial charge is 0.507 e. The van der Waals surface area contributed by atoms with Crippen molar-refractivity contribution in [3.8, 4) is 5.75 Å². The summed E-state index contributed by atoms with van der Waals surface area (Å²) >= 11 is 3.05. The van der Waals surface area contributed by atoms with E-state index >= 15 is 0 Å². The van der Waals surface area contributed by atoms with E-state index in [0.717, 1.165) is 0 Å². The summed E-state index contributed by atoms with van der Waals surface area (Å²) in [6.07, 6.45) is -2.53. The van der Waals surface area contributed by atoms with Crippen LogP contribution >= 0.6 is 15.9 Å². The maximum absolute atomic E-state index is 12.5. The number of rotatable bonds is 3. The lowest BCUT2D eigenvalue weighted by molar-refractivity contribution is 0.116. The standard InChI is InChI=1S/C9H10BrF2NO/c10-8-5(2-1-3-7(8)14)6(4-13)9(11)12/h1-3,6,9,14H,4,13H2. The summed E-state index contributed by atoms with van der Waals surface area (Å²) in [5, 5.41) is 9.29. The smallest absolute Gasteiger partial charge is 0.246 e. The van der Waals surface area contributed by atoms with Crippen LogP contribution in [0.15, 0.2) is 22.7 Å². The summed E-state index contributed by atoms with van der Waals surface area (Å²) in [6.45, 7) is -0.153. The number of benzene rings is 1. The Hall–Kier alpha value is -0.680. The van der Waals surface area contributed by atoms with Crippen molar-refractivity contribution in [2.45, 2.75) is 12.3 Å². The predicted molar refractivity (Wildman–Crippen MR) is 53.6 cm³/mol. The fourth-order valence-corrected chi connectivity index (χ4v) is 1.75. The molecule has 0 spiro atoms. The first-order valence-corrected chi connectivity index (χ1v) is 4.82. The normalized spacial score (nSPS) is 13.2. The molecule has 0 amide bonds. The molecule has 78 valence electrons. The van der Waals surface area contributed by atoms with Crippen molar-refractivity contribution in [3.63, 3.8) is 0 Å². The van der Waals surface area contributed by atoms with E-state index < -0.39 is 12.3 Å². The number of phenols is 1. The Morgan fingerprint density at radius 2 is 2.07 bits per heavy atom. The van der Waals surface area contributed by atoms with Gasteiger partial charge in [0.1, 0.15) is 5.75 Å². The monoisotopic (exact) mass is 265 g/mol. The Morgan fingerprint density at radius 1 is 1.43 bits per heavy atom. The van der Waals surface area contributed by atoms with Crippen LogP contribution in [0.25, 0.3) is 0 Å². The van der Waals surface area contributed by atoms with Crippen LogP contribution in [0.5, 0.6) is 5.75 Å². The molecule has 0 aliphatic heterocycles. The zero-order valence-corrected chi connectivity index (χ0v) is 8.84. The van der Waals surface area contributed by atoms with Crippen molar-refractivity contribution in [2.75, 3.05) is 6.54 Å². The van der Waals surface area contributed by atoms with Crippen molar-refractivity contribution in [3.05, 3.63) is 28.2 Å². The van der Waals surface area contributed by atoms with Gasteiger partial charge in [-0.15, -0.1) is 0 Å². The van der Waals surface area contributed by atoms with Gasteiger partial charge in [-0.25, -0.2) is 8.78 Å². The molecule has 1 unspecified atom stereocenters. The highest BCUT2D eigenvalue weighted by Crippen LogP contribution is 2.34. The molecule has 1 atom stereocenters. The van der Waals surface area contributed by atoms with Gasteiger partial charge < -0.3 is 10.8 Å². The van der Waals surface area contributed by atoms with E-state index in [1.807, 2.05) is 0 Å². The minimum atomic E-state index is -2.53. The molecular weight excluding hydrogens is 256 g/mol. The molecular formula is C9H10BrF2NO. The molecule has 0 heterocycles. The van der Waals surface area contributed by atoms with E-state index in [1.54, 1.807) is 0 Å². The van der Waals surface area contributed by atoms with Crippen molar-refractivity contribution < 1.29 is 13.9 Å². The fraction of sp³-hybridized carbons (Fsp3) is 0.333. The zero-order valence-electron chi connectivity index (χ0n) is 7.25. The van der Waals surface area contributed by atoms with Crippen LogP contribution in [0.1, 0.15) is 11.5 Å². The summed E-state index contributed by atoms with van der Waals surface area (Å²) in [6, 6.07) is 4.46. The third kappa shape index (κ3) is 2.22. The highest BCUT2D eigenvalue weighted by molar-refractivity contribution is 9.10. The number of aromatic hydroxyl groups is 1. The Balaban J connectivity index is 3.10. The number of hydrogen-bond donors (Lipinski definition) is 2. The number of alkyl halides is 2. The topological polar surface area (TPSA) is 46.2 Å². The van der Waals surface area contributed by atoms with Crippen molar-refractivity contribution >= 4 is 15.9 Å². The lowest BCUT2D eigenvalue weighted by Gasteiger charge is -2.16. The number of nitrogens with two attached hydrogens (primary N) is 1. The van der Waals surface area contributed by atoms with Crippen LogP contribution in [-0.2, 0) is 0 Å². The highest BCUT2D eigenvalue weighted by Gasteiger charge is 2.23. The van der Waals surface area contributed by atoms with E-state index in [1.165, 1.54) is 18.2 Å². The molecule has 2 nitrogen and oxygen atoms in total. The molecule has 0 saturated carbocycles. The third-order valence-electron chi connectivity index (χ3n) is 1.97. The average molecular weight is 266 g/mol. The summed E-state index contributed by atoms with van der Waals surface area (Å²) in [5.74, 6) is -1.10. The molecule has 0 aromatic heterocycles. The molecule has 3 N–H and O–H groups in total. The molecule has 1 aromatic rings. The maximum atomic E-state index is 12.5. The first kappa shape index (κ1) is 11.4. The minimum Gasteiger partial charge on any atom is -0.507 e. The lowest BCUT2D eigenvalue weighted by Crippen LogP contribution is -2.20. The molecule has 0 aliphatic carbocycles. The Morgan fingerprint density at radius 3 is 2.57 bits per heavy atom. The van der Waals surface area contributed by atoms with Gasteiger partial charge >= 0.3 is 0 Å². The van der Waals surface area contributed by atoms with E-state index in [-0.39, 0.29) is 16.8 Å². The van der Waals surface area contributed by atoms with Crippen LogP contribution in [-0.4, -0.2) is 18.1 Å². The molecule has 1 rings (SSSR count). The van der Waals surface area contributed by atoms with Gasteiger partial charge in [0.25, 0.3) is 0 Å². The molecule has 0 radical (unpaired) electrons. The second kappa shape index (κ2) is 4.70. The Bertz CT molecular complexity index is 320. The summed E-state index contributed by atoms with van der Waals surface area (Å²) in [5.41, 5.74) is 5.58. The fourth-order valence-electron chi connectivity index (χ4n) is 1.19. The van der Waals surface area contributed by atoms with Gasteiger partial charge in [0, 0.05) is 6.54 Å². The molecule has 1 aromatic carbocycles.